The Hall–Kier alpha value is -3.00. The average molecular weight is 408 g/mol. The Bertz CT molecular complexity index is 1000. The summed E-state index contributed by atoms with van der Waals surface area (Å²) >= 11 is 0. The number of amides is 1. The molecule has 0 atom stereocenters. The molecule has 0 aliphatic carbocycles. The van der Waals surface area contributed by atoms with Crippen LogP contribution in [-0.2, 0) is 4.79 Å². The zero-order valence-corrected chi connectivity index (χ0v) is 17.9. The quantitative estimate of drug-likeness (QED) is 0.673. The Balaban J connectivity index is 1.44. The Labute approximate surface area is 176 Å². The summed E-state index contributed by atoms with van der Waals surface area (Å²) in [7, 11) is 4.02. The first-order chi connectivity index (χ1) is 14.5. The molecule has 8 heteroatoms. The number of nitrogens with zero attached hydrogens (tertiary/aromatic N) is 6. The van der Waals surface area contributed by atoms with Gasteiger partial charge in [-0.25, -0.2) is 0 Å². The third-order valence-corrected chi connectivity index (χ3v) is 5.61. The Morgan fingerprint density at radius 2 is 1.83 bits per heavy atom. The summed E-state index contributed by atoms with van der Waals surface area (Å²) in [6.45, 7) is 5.24. The normalized spacial score (nSPS) is 15.1. The van der Waals surface area contributed by atoms with Gasteiger partial charge in [-0.3, -0.25) is 4.79 Å². The summed E-state index contributed by atoms with van der Waals surface area (Å²) in [5, 5.41) is 16.4. The molecule has 1 fully saturated rings. The Kier molecular flexibility index (Phi) is 5.94. The van der Waals surface area contributed by atoms with E-state index in [0.29, 0.717) is 6.54 Å². The van der Waals surface area contributed by atoms with Crippen molar-refractivity contribution >= 4 is 17.4 Å². The van der Waals surface area contributed by atoms with E-state index in [1.807, 2.05) is 38.4 Å². The van der Waals surface area contributed by atoms with E-state index in [9.17, 15) is 4.79 Å². The smallest absolute Gasteiger partial charge is 0.223 e. The van der Waals surface area contributed by atoms with Gasteiger partial charge in [0.15, 0.2) is 11.5 Å². The van der Waals surface area contributed by atoms with Gasteiger partial charge in [0.25, 0.3) is 0 Å². The molecular formula is C22H29N7O. The summed E-state index contributed by atoms with van der Waals surface area (Å²) in [5.41, 5.74) is 2.92. The molecule has 1 aliphatic rings. The first-order valence-electron chi connectivity index (χ1n) is 10.5. The van der Waals surface area contributed by atoms with Crippen molar-refractivity contribution in [3.8, 4) is 11.4 Å². The maximum absolute atomic E-state index is 12.4. The number of nitrogens with one attached hydrogen (secondary N) is 1. The number of benzene rings is 1. The van der Waals surface area contributed by atoms with Crippen molar-refractivity contribution in [3.63, 3.8) is 0 Å². The second-order valence-electron chi connectivity index (χ2n) is 8.21. The van der Waals surface area contributed by atoms with E-state index in [4.69, 9.17) is 5.10 Å². The van der Waals surface area contributed by atoms with Gasteiger partial charge < -0.3 is 15.1 Å². The van der Waals surface area contributed by atoms with Gasteiger partial charge in [0, 0.05) is 37.7 Å². The van der Waals surface area contributed by atoms with Crippen LogP contribution in [0, 0.1) is 12.8 Å². The summed E-state index contributed by atoms with van der Waals surface area (Å²) in [4.78, 5) is 16.7. The third kappa shape index (κ3) is 4.43. The molecule has 1 amide bonds. The SMILES string of the molecule is Cc1ccc(-c2nnc3ccc(N4CCC(C(=O)NCCN(C)C)CC4)nn23)cc1. The van der Waals surface area contributed by atoms with Gasteiger partial charge in [-0.15, -0.1) is 15.3 Å². The number of hydrogen-bond acceptors (Lipinski definition) is 6. The molecule has 30 heavy (non-hydrogen) atoms. The number of likely N-dealkylation sites (N-methyl/N-ethyl adjacent to an activating group) is 1. The molecule has 158 valence electrons. The largest absolute Gasteiger partial charge is 0.355 e. The molecule has 3 aromatic rings. The molecule has 0 saturated carbocycles. The van der Waals surface area contributed by atoms with E-state index < -0.39 is 0 Å². The van der Waals surface area contributed by atoms with Crippen molar-refractivity contribution < 1.29 is 4.79 Å². The summed E-state index contributed by atoms with van der Waals surface area (Å²) in [5.74, 6) is 1.87. The monoisotopic (exact) mass is 407 g/mol. The maximum Gasteiger partial charge on any atom is 0.223 e. The average Bonchev–Trinajstić information content (AvgIpc) is 3.17. The van der Waals surface area contributed by atoms with Crippen LogP contribution in [0.25, 0.3) is 17.0 Å². The van der Waals surface area contributed by atoms with Crippen LogP contribution >= 0.6 is 0 Å². The van der Waals surface area contributed by atoms with Gasteiger partial charge in [0.1, 0.15) is 5.82 Å². The van der Waals surface area contributed by atoms with Crippen LogP contribution in [0.4, 0.5) is 5.82 Å². The van der Waals surface area contributed by atoms with Gasteiger partial charge in [-0.05, 0) is 46.0 Å². The molecule has 1 aromatic carbocycles. The lowest BCUT2D eigenvalue weighted by Crippen LogP contribution is -2.42. The minimum atomic E-state index is 0.0742. The predicted molar refractivity (Wildman–Crippen MR) is 117 cm³/mol. The molecule has 0 bridgehead atoms. The topological polar surface area (TPSA) is 78.7 Å². The van der Waals surface area contributed by atoms with E-state index in [2.05, 4.69) is 44.4 Å². The summed E-state index contributed by atoms with van der Waals surface area (Å²) < 4.78 is 1.81. The zero-order valence-electron chi connectivity index (χ0n) is 17.9. The first kappa shape index (κ1) is 20.3. The minimum Gasteiger partial charge on any atom is -0.355 e. The molecule has 0 radical (unpaired) electrons. The molecule has 2 aromatic heterocycles. The van der Waals surface area contributed by atoms with Crippen LogP contribution in [0.5, 0.6) is 0 Å². The van der Waals surface area contributed by atoms with Gasteiger partial charge in [-0.2, -0.15) is 4.52 Å². The lowest BCUT2D eigenvalue weighted by atomic mass is 9.96. The van der Waals surface area contributed by atoms with Gasteiger partial charge >= 0.3 is 0 Å². The predicted octanol–water partition coefficient (Wildman–Crippen LogP) is 1.99. The van der Waals surface area contributed by atoms with Crippen molar-refractivity contribution in [2.75, 3.05) is 45.2 Å². The number of piperidine rings is 1. The van der Waals surface area contributed by atoms with Crippen LogP contribution in [0.15, 0.2) is 36.4 Å². The lowest BCUT2D eigenvalue weighted by Gasteiger charge is -2.32. The lowest BCUT2D eigenvalue weighted by molar-refractivity contribution is -0.125. The van der Waals surface area contributed by atoms with Gasteiger partial charge in [-0.1, -0.05) is 29.8 Å². The number of fused-ring (bicyclic) bond motifs is 1. The second kappa shape index (κ2) is 8.79. The molecule has 0 spiro atoms. The first-order valence-corrected chi connectivity index (χ1v) is 10.5. The van der Waals surface area contributed by atoms with Crippen molar-refractivity contribution in [2.45, 2.75) is 19.8 Å². The van der Waals surface area contributed by atoms with E-state index in [1.54, 1.807) is 4.52 Å². The molecule has 1 aliphatic heterocycles. The highest BCUT2D eigenvalue weighted by Crippen LogP contribution is 2.24. The highest BCUT2D eigenvalue weighted by Gasteiger charge is 2.26. The Morgan fingerprint density at radius 1 is 1.10 bits per heavy atom. The van der Waals surface area contributed by atoms with E-state index in [0.717, 1.165) is 55.3 Å². The van der Waals surface area contributed by atoms with Crippen LogP contribution in [-0.4, -0.2) is 70.9 Å². The fourth-order valence-corrected chi connectivity index (χ4v) is 3.75. The zero-order chi connectivity index (χ0) is 21.1. The van der Waals surface area contributed by atoms with E-state index in [-0.39, 0.29) is 11.8 Å². The number of anilines is 1. The summed E-state index contributed by atoms with van der Waals surface area (Å²) in [6, 6.07) is 12.2. The molecule has 8 nitrogen and oxygen atoms in total. The standard InChI is InChI=1S/C22H29N7O/c1-16-4-6-17(7-5-16)21-25-24-19-8-9-20(26-29(19)21)28-13-10-18(11-14-28)22(30)23-12-15-27(2)3/h4-9,18H,10-15H2,1-3H3,(H,23,30). The van der Waals surface area contributed by atoms with Crippen molar-refractivity contribution in [1.82, 2.24) is 30.0 Å². The second-order valence-corrected chi connectivity index (χ2v) is 8.21. The van der Waals surface area contributed by atoms with Gasteiger partial charge in [0.2, 0.25) is 5.91 Å². The van der Waals surface area contributed by atoms with Crippen LogP contribution in [0.1, 0.15) is 18.4 Å². The molecule has 1 saturated heterocycles. The number of aryl methyl sites for hydroxylation is 1. The molecule has 0 unspecified atom stereocenters. The van der Waals surface area contributed by atoms with Crippen molar-refractivity contribution in [2.24, 2.45) is 5.92 Å². The highest BCUT2D eigenvalue weighted by molar-refractivity contribution is 5.79. The Morgan fingerprint density at radius 3 is 2.53 bits per heavy atom. The van der Waals surface area contributed by atoms with Gasteiger partial charge in [0.05, 0.1) is 0 Å². The molecular weight excluding hydrogens is 378 g/mol. The van der Waals surface area contributed by atoms with E-state index in [1.165, 1.54) is 5.56 Å². The number of hydrogen-bond donors (Lipinski definition) is 1. The van der Waals surface area contributed by atoms with Crippen molar-refractivity contribution in [3.05, 3.63) is 42.0 Å². The number of aromatic nitrogens is 4. The van der Waals surface area contributed by atoms with Crippen LogP contribution < -0.4 is 10.2 Å². The minimum absolute atomic E-state index is 0.0742. The van der Waals surface area contributed by atoms with Crippen LogP contribution in [0.2, 0.25) is 0 Å². The van der Waals surface area contributed by atoms with Crippen LogP contribution in [0.3, 0.4) is 0 Å². The summed E-state index contributed by atoms with van der Waals surface area (Å²) in [6.07, 6.45) is 1.67. The number of carbonyl (C=O) groups is 1. The molecule has 4 rings (SSSR count). The number of rotatable bonds is 6. The molecule has 1 N–H and O–H groups in total. The number of carbonyl (C=O) groups excluding carboxylic acids is 1. The fourth-order valence-electron chi connectivity index (χ4n) is 3.75. The van der Waals surface area contributed by atoms with Crippen molar-refractivity contribution in [1.29, 1.82) is 0 Å². The molecule has 3 heterocycles. The highest BCUT2D eigenvalue weighted by atomic mass is 16.1. The third-order valence-electron chi connectivity index (χ3n) is 5.61. The van der Waals surface area contributed by atoms with E-state index >= 15 is 0 Å². The maximum atomic E-state index is 12.4. The fraction of sp³-hybridized carbons (Fsp3) is 0.455.